The van der Waals surface area contributed by atoms with Gasteiger partial charge in [0.1, 0.15) is 6.04 Å². The van der Waals surface area contributed by atoms with Crippen molar-refractivity contribution in [1.82, 2.24) is 5.32 Å². The molecule has 0 aliphatic carbocycles. The third-order valence-electron chi connectivity index (χ3n) is 3.29. The van der Waals surface area contributed by atoms with Crippen LogP contribution >= 0.6 is 0 Å². The number of nitrogens with two attached hydrogens (primary N) is 1. The van der Waals surface area contributed by atoms with Crippen molar-refractivity contribution in [3.05, 3.63) is 22.3 Å². The van der Waals surface area contributed by atoms with Gasteiger partial charge in [0.05, 0.1) is 13.2 Å². The van der Waals surface area contributed by atoms with Crippen molar-refractivity contribution >= 4 is 17.8 Å². The zero-order valence-corrected chi connectivity index (χ0v) is 15.0. The lowest BCUT2D eigenvalue weighted by molar-refractivity contribution is -0.757. The van der Waals surface area contributed by atoms with Crippen LogP contribution in [-0.2, 0) is 24.0 Å². The van der Waals surface area contributed by atoms with Crippen molar-refractivity contribution in [2.75, 3.05) is 13.2 Å². The maximum Gasteiger partial charge on any atom is 0.328 e. The lowest BCUT2D eigenvalue weighted by atomic mass is 10.1. The molecule has 0 fully saturated rings. The van der Waals surface area contributed by atoms with Crippen LogP contribution in [0.15, 0.2) is 12.2 Å². The first-order valence-electron chi connectivity index (χ1n) is 8.49. The summed E-state index contributed by atoms with van der Waals surface area (Å²) in [7, 11) is 0. The summed E-state index contributed by atoms with van der Waals surface area (Å²) >= 11 is 0. The minimum atomic E-state index is -0.952. The highest BCUT2D eigenvalue weighted by atomic mass is 16.9. The molecule has 10 heteroatoms. The van der Waals surface area contributed by atoms with Crippen LogP contribution in [0.4, 0.5) is 0 Å². The third-order valence-corrected chi connectivity index (χ3v) is 3.29. The number of rotatable bonds is 15. The van der Waals surface area contributed by atoms with Gasteiger partial charge >= 0.3 is 5.97 Å². The quantitative estimate of drug-likeness (QED) is 0.143. The van der Waals surface area contributed by atoms with Gasteiger partial charge in [0.25, 0.3) is 5.09 Å². The van der Waals surface area contributed by atoms with Gasteiger partial charge in [-0.2, -0.15) is 0 Å². The average Bonchev–Trinajstić information content (AvgIpc) is 2.57. The number of ether oxygens (including phenoxy) is 1. The first-order valence-corrected chi connectivity index (χ1v) is 8.49. The number of esters is 1. The molecular weight excluding hydrogens is 346 g/mol. The Labute approximate surface area is 152 Å². The largest absolute Gasteiger partial charge is 0.464 e. The molecule has 1 atom stereocenters. The summed E-state index contributed by atoms with van der Waals surface area (Å²) in [5.74, 6) is -1.55. The predicted molar refractivity (Wildman–Crippen MR) is 92.2 cm³/mol. The van der Waals surface area contributed by atoms with Gasteiger partial charge in [-0.25, -0.2) is 4.79 Å². The lowest BCUT2D eigenvalue weighted by Gasteiger charge is -2.17. The molecule has 0 aromatic heterocycles. The maximum absolute atomic E-state index is 12.1. The second-order valence-corrected chi connectivity index (χ2v) is 5.52. The molecule has 0 saturated heterocycles. The Hall–Kier alpha value is -2.65. The Morgan fingerprint density at radius 3 is 2.50 bits per heavy atom. The molecule has 0 saturated carbocycles. The Kier molecular flexibility index (Phi) is 13.2. The van der Waals surface area contributed by atoms with Crippen molar-refractivity contribution in [2.24, 2.45) is 5.73 Å². The average molecular weight is 373 g/mol. The Morgan fingerprint density at radius 2 is 1.88 bits per heavy atom. The van der Waals surface area contributed by atoms with E-state index < -0.39 is 23.0 Å². The van der Waals surface area contributed by atoms with Crippen LogP contribution in [0.2, 0.25) is 0 Å². The molecule has 1 unspecified atom stereocenters. The van der Waals surface area contributed by atoms with Gasteiger partial charge < -0.3 is 20.6 Å². The summed E-state index contributed by atoms with van der Waals surface area (Å²) in [6.45, 7) is 1.84. The van der Waals surface area contributed by atoms with E-state index in [-0.39, 0.29) is 38.4 Å². The summed E-state index contributed by atoms with van der Waals surface area (Å²) in [6.07, 6.45) is 6.20. The summed E-state index contributed by atoms with van der Waals surface area (Å²) in [5, 5.41) is 11.7. The van der Waals surface area contributed by atoms with E-state index in [1.807, 2.05) is 19.1 Å². The minimum Gasteiger partial charge on any atom is -0.464 e. The topological polar surface area (TPSA) is 151 Å². The van der Waals surface area contributed by atoms with E-state index in [1.165, 1.54) is 0 Å². The highest BCUT2D eigenvalue weighted by molar-refractivity contribution is 5.85. The van der Waals surface area contributed by atoms with Crippen LogP contribution < -0.4 is 11.1 Å². The van der Waals surface area contributed by atoms with Gasteiger partial charge in [0.2, 0.25) is 11.8 Å². The fourth-order valence-electron chi connectivity index (χ4n) is 1.97. The molecule has 0 radical (unpaired) electrons. The van der Waals surface area contributed by atoms with Gasteiger partial charge in [-0.05, 0) is 39.0 Å². The van der Waals surface area contributed by atoms with Crippen molar-refractivity contribution in [1.29, 1.82) is 0 Å². The first-order chi connectivity index (χ1) is 12.4. The van der Waals surface area contributed by atoms with E-state index in [0.29, 0.717) is 19.3 Å². The first kappa shape index (κ1) is 23.4. The molecule has 26 heavy (non-hydrogen) atoms. The lowest BCUT2D eigenvalue weighted by Crippen LogP contribution is -2.42. The van der Waals surface area contributed by atoms with Gasteiger partial charge in [0.15, 0.2) is 0 Å². The fourth-order valence-corrected chi connectivity index (χ4v) is 1.97. The smallest absolute Gasteiger partial charge is 0.328 e. The zero-order valence-electron chi connectivity index (χ0n) is 15.0. The minimum absolute atomic E-state index is 0.0319. The molecule has 0 rings (SSSR count). The molecular formula is C16H27N3O7. The highest BCUT2D eigenvalue weighted by Crippen LogP contribution is 2.04. The number of carbonyl (C=O) groups is 3. The van der Waals surface area contributed by atoms with Crippen LogP contribution in [0, 0.1) is 10.1 Å². The maximum atomic E-state index is 12.1. The second kappa shape index (κ2) is 14.7. The summed E-state index contributed by atoms with van der Waals surface area (Å²) in [6, 6.07) is -0.952. The summed E-state index contributed by atoms with van der Waals surface area (Å²) < 4.78 is 5.05. The summed E-state index contributed by atoms with van der Waals surface area (Å²) in [4.78, 5) is 49.0. The Balaban J connectivity index is 4.28. The van der Waals surface area contributed by atoms with Crippen molar-refractivity contribution in [3.63, 3.8) is 0 Å². The molecule has 2 amide bonds. The highest BCUT2D eigenvalue weighted by Gasteiger charge is 2.22. The van der Waals surface area contributed by atoms with Crippen molar-refractivity contribution < 1.29 is 29.0 Å². The number of nitrogens with one attached hydrogen (secondary N) is 1. The molecule has 0 heterocycles. The van der Waals surface area contributed by atoms with E-state index >= 15 is 0 Å². The van der Waals surface area contributed by atoms with Crippen LogP contribution in [0.25, 0.3) is 0 Å². The summed E-state index contributed by atoms with van der Waals surface area (Å²) in [5.41, 5.74) is 5.08. The number of hydrogen-bond donors (Lipinski definition) is 2. The molecule has 10 nitrogen and oxygen atoms in total. The van der Waals surface area contributed by atoms with Crippen LogP contribution in [0.3, 0.4) is 0 Å². The van der Waals surface area contributed by atoms with E-state index in [4.69, 9.17) is 10.5 Å². The Bertz CT molecular complexity index is 494. The fraction of sp³-hybridized carbons (Fsp3) is 0.688. The van der Waals surface area contributed by atoms with Crippen molar-refractivity contribution in [2.45, 2.75) is 57.9 Å². The van der Waals surface area contributed by atoms with Gasteiger partial charge in [-0.1, -0.05) is 12.2 Å². The van der Waals surface area contributed by atoms with Gasteiger partial charge in [-0.15, -0.1) is 10.1 Å². The number of hydrogen-bond acceptors (Lipinski definition) is 7. The van der Waals surface area contributed by atoms with Crippen LogP contribution in [-0.4, -0.2) is 42.1 Å². The predicted octanol–water partition coefficient (Wildman–Crippen LogP) is 1.01. The van der Waals surface area contributed by atoms with Gasteiger partial charge in [-0.3, -0.25) is 9.59 Å². The number of primary amides is 1. The molecule has 0 aromatic rings. The molecule has 148 valence electrons. The number of nitrogens with zero attached hydrogens (tertiary/aromatic N) is 1. The SMILES string of the molecule is C/C=C\CCCC(=O)NC(CCC(N)=O)C(=O)OCCCCO[N+](=O)[O-]. The molecule has 3 N–H and O–H groups in total. The van der Waals surface area contributed by atoms with E-state index in [1.54, 1.807) is 0 Å². The van der Waals surface area contributed by atoms with Crippen molar-refractivity contribution in [3.8, 4) is 0 Å². The standard InChI is InChI=1S/C16H27N3O7/c1-2-3-4-5-8-15(21)18-13(9-10-14(17)20)16(22)25-11-6-7-12-26-19(23)24/h2-3,13H,4-12H2,1H3,(H2,17,20)(H,18,21)/b3-2-. The molecule has 0 aromatic carbocycles. The number of allylic oxidation sites excluding steroid dienone is 2. The molecule has 0 aliphatic rings. The van der Waals surface area contributed by atoms with Crippen LogP contribution in [0.1, 0.15) is 51.9 Å². The third kappa shape index (κ3) is 13.8. The molecule has 0 spiro atoms. The molecule has 0 aliphatic heterocycles. The van der Waals surface area contributed by atoms with E-state index in [0.717, 1.165) is 6.42 Å². The monoisotopic (exact) mass is 373 g/mol. The molecule has 0 bridgehead atoms. The second-order valence-electron chi connectivity index (χ2n) is 5.52. The van der Waals surface area contributed by atoms with Crippen LogP contribution in [0.5, 0.6) is 0 Å². The number of unbranched alkanes of at least 4 members (excludes halogenated alkanes) is 2. The van der Waals surface area contributed by atoms with E-state index in [9.17, 15) is 24.5 Å². The normalized spacial score (nSPS) is 11.7. The number of carbonyl (C=O) groups excluding carboxylic acids is 3. The zero-order chi connectivity index (χ0) is 19.8. The Morgan fingerprint density at radius 1 is 1.19 bits per heavy atom. The number of amides is 2. The van der Waals surface area contributed by atoms with Gasteiger partial charge in [0, 0.05) is 12.8 Å². The van der Waals surface area contributed by atoms with E-state index in [2.05, 4.69) is 10.2 Å².